The van der Waals surface area contributed by atoms with E-state index in [0.29, 0.717) is 18.1 Å². The maximum atomic E-state index is 11.8. The molecule has 2 rings (SSSR count). The fourth-order valence-electron chi connectivity index (χ4n) is 3.28. The van der Waals surface area contributed by atoms with E-state index in [2.05, 4.69) is 0 Å². The second kappa shape index (κ2) is 13.2. The van der Waals surface area contributed by atoms with Crippen LogP contribution in [0, 0.1) is 6.92 Å². The van der Waals surface area contributed by atoms with E-state index in [1.54, 1.807) is 0 Å². The molecule has 0 aliphatic carbocycles. The van der Waals surface area contributed by atoms with Crippen molar-refractivity contribution in [2.45, 2.75) is 64.5 Å². The highest BCUT2D eigenvalue weighted by molar-refractivity contribution is 7.99. The topological polar surface area (TPSA) is 124 Å². The zero-order chi connectivity index (χ0) is 25.3. The van der Waals surface area contributed by atoms with Crippen LogP contribution < -0.4 is 4.74 Å². The Balaban J connectivity index is 2.20. The minimum absolute atomic E-state index is 0.255. The third-order valence-electron chi connectivity index (χ3n) is 4.60. The average molecular weight is 499 g/mol. The fourth-order valence-corrected chi connectivity index (χ4v) is 4.31. The van der Waals surface area contributed by atoms with Gasteiger partial charge in [-0.2, -0.15) is 0 Å². The highest BCUT2D eigenvalue weighted by Gasteiger charge is 2.52. The van der Waals surface area contributed by atoms with Crippen LogP contribution in [0.4, 0.5) is 0 Å². The van der Waals surface area contributed by atoms with Crippen molar-refractivity contribution >= 4 is 35.6 Å². The van der Waals surface area contributed by atoms with Crippen LogP contribution in [-0.2, 0) is 42.9 Å². The van der Waals surface area contributed by atoms with Crippen molar-refractivity contribution in [3.8, 4) is 5.75 Å². The van der Waals surface area contributed by atoms with Gasteiger partial charge in [0.15, 0.2) is 18.3 Å². The van der Waals surface area contributed by atoms with Gasteiger partial charge in [-0.05, 0) is 19.1 Å². The van der Waals surface area contributed by atoms with Crippen LogP contribution in [0.1, 0.15) is 33.3 Å². The standard InChI is InChI=1S/C23H30O10S/c1-13-6-8-18(9-7-13)28-10-11-34-23-22(32-17(5)27)21(31-16(4)26)20(30-15(3)25)19(33-23)12-29-14(2)24/h6-9,19-23H,10-12H2,1-5H3. The van der Waals surface area contributed by atoms with Crippen molar-refractivity contribution < 1.29 is 47.6 Å². The summed E-state index contributed by atoms with van der Waals surface area (Å²) in [4.78, 5) is 46.8. The van der Waals surface area contributed by atoms with Gasteiger partial charge < -0.3 is 28.4 Å². The molecule has 188 valence electrons. The second-order valence-corrected chi connectivity index (χ2v) is 8.81. The minimum Gasteiger partial charge on any atom is -0.493 e. The van der Waals surface area contributed by atoms with E-state index >= 15 is 0 Å². The molecule has 0 saturated carbocycles. The summed E-state index contributed by atoms with van der Waals surface area (Å²) < 4.78 is 33.0. The van der Waals surface area contributed by atoms with Crippen molar-refractivity contribution in [3.05, 3.63) is 29.8 Å². The molecule has 11 heteroatoms. The molecule has 34 heavy (non-hydrogen) atoms. The van der Waals surface area contributed by atoms with Gasteiger partial charge in [0.25, 0.3) is 0 Å². The highest BCUT2D eigenvalue weighted by Crippen LogP contribution is 2.34. The number of ether oxygens (including phenoxy) is 6. The number of hydrogen-bond donors (Lipinski definition) is 0. The van der Waals surface area contributed by atoms with Crippen molar-refractivity contribution in [1.29, 1.82) is 0 Å². The molecule has 5 atom stereocenters. The minimum atomic E-state index is -1.17. The Morgan fingerprint density at radius 1 is 0.824 bits per heavy atom. The summed E-state index contributed by atoms with van der Waals surface area (Å²) in [6.45, 7) is 6.84. The first-order valence-corrected chi connectivity index (χ1v) is 11.7. The van der Waals surface area contributed by atoms with E-state index in [4.69, 9.17) is 28.4 Å². The van der Waals surface area contributed by atoms with Gasteiger partial charge in [-0.3, -0.25) is 19.2 Å². The lowest BCUT2D eigenvalue weighted by atomic mass is 9.99. The van der Waals surface area contributed by atoms with Crippen LogP contribution in [0.2, 0.25) is 0 Å². The molecule has 1 aliphatic rings. The number of esters is 4. The summed E-state index contributed by atoms with van der Waals surface area (Å²) in [6, 6.07) is 7.58. The number of carbonyl (C=O) groups excluding carboxylic acids is 4. The maximum absolute atomic E-state index is 11.8. The SMILES string of the molecule is CC(=O)OCC1OC(SCCOc2ccc(C)cc2)C(OC(C)=O)C(OC(C)=O)C1OC(C)=O. The van der Waals surface area contributed by atoms with E-state index in [-0.39, 0.29) is 6.61 Å². The van der Waals surface area contributed by atoms with Crippen LogP contribution in [-0.4, -0.2) is 72.7 Å². The molecule has 1 fully saturated rings. The molecule has 0 N–H and O–H groups in total. The molecule has 0 spiro atoms. The third kappa shape index (κ3) is 8.86. The third-order valence-corrected chi connectivity index (χ3v) is 5.71. The number of aryl methyl sites for hydroxylation is 1. The normalized spacial score (nSPS) is 24.0. The summed E-state index contributed by atoms with van der Waals surface area (Å²) in [7, 11) is 0. The first-order valence-electron chi connectivity index (χ1n) is 10.7. The van der Waals surface area contributed by atoms with E-state index in [0.717, 1.165) is 5.56 Å². The first-order chi connectivity index (χ1) is 16.1. The lowest BCUT2D eigenvalue weighted by molar-refractivity contribution is -0.237. The lowest BCUT2D eigenvalue weighted by Crippen LogP contribution is -2.61. The van der Waals surface area contributed by atoms with Crippen LogP contribution >= 0.6 is 11.8 Å². The largest absolute Gasteiger partial charge is 0.493 e. The molecule has 0 aromatic heterocycles. The van der Waals surface area contributed by atoms with Gasteiger partial charge in [-0.1, -0.05) is 17.7 Å². The van der Waals surface area contributed by atoms with Crippen LogP contribution in [0.3, 0.4) is 0 Å². The molecule has 0 radical (unpaired) electrons. The molecule has 10 nitrogen and oxygen atoms in total. The molecular formula is C23H30O10S. The Hall–Kier alpha value is -2.79. The zero-order valence-corrected chi connectivity index (χ0v) is 20.6. The summed E-state index contributed by atoms with van der Waals surface area (Å²) in [5, 5.41) is 0. The van der Waals surface area contributed by atoms with Crippen LogP contribution in [0.5, 0.6) is 5.75 Å². The molecule has 0 amide bonds. The van der Waals surface area contributed by atoms with Crippen molar-refractivity contribution in [2.24, 2.45) is 0 Å². The van der Waals surface area contributed by atoms with Gasteiger partial charge >= 0.3 is 23.9 Å². The average Bonchev–Trinajstić information content (AvgIpc) is 2.74. The molecule has 1 aromatic rings. The van der Waals surface area contributed by atoms with E-state index < -0.39 is 53.7 Å². The van der Waals surface area contributed by atoms with Gasteiger partial charge in [0.1, 0.15) is 23.9 Å². The van der Waals surface area contributed by atoms with Crippen molar-refractivity contribution in [3.63, 3.8) is 0 Å². The Bertz CT molecular complexity index is 856. The Kier molecular flexibility index (Phi) is 10.6. The van der Waals surface area contributed by atoms with Crippen molar-refractivity contribution in [2.75, 3.05) is 19.0 Å². The van der Waals surface area contributed by atoms with E-state index in [1.165, 1.54) is 39.5 Å². The van der Waals surface area contributed by atoms with Gasteiger partial charge in [0, 0.05) is 33.4 Å². The van der Waals surface area contributed by atoms with Crippen LogP contribution in [0.15, 0.2) is 24.3 Å². The predicted molar refractivity (Wildman–Crippen MR) is 121 cm³/mol. The first kappa shape index (κ1) is 27.5. The Morgan fingerprint density at radius 2 is 1.38 bits per heavy atom. The Morgan fingerprint density at radius 3 is 1.94 bits per heavy atom. The molecule has 1 saturated heterocycles. The number of hydrogen-bond acceptors (Lipinski definition) is 11. The van der Waals surface area contributed by atoms with Gasteiger partial charge in [-0.25, -0.2) is 0 Å². The number of thioether (sulfide) groups is 1. The zero-order valence-electron chi connectivity index (χ0n) is 19.8. The maximum Gasteiger partial charge on any atom is 0.303 e. The molecule has 5 unspecified atom stereocenters. The number of carbonyl (C=O) groups is 4. The molecular weight excluding hydrogens is 468 g/mol. The number of benzene rings is 1. The Labute approximate surface area is 202 Å². The van der Waals surface area contributed by atoms with Gasteiger partial charge in [0.2, 0.25) is 0 Å². The lowest BCUT2D eigenvalue weighted by Gasteiger charge is -2.44. The second-order valence-electron chi connectivity index (χ2n) is 7.60. The predicted octanol–water partition coefficient (Wildman–Crippen LogP) is 2.19. The van der Waals surface area contributed by atoms with Gasteiger partial charge in [-0.15, -0.1) is 11.8 Å². The highest BCUT2D eigenvalue weighted by atomic mass is 32.2. The molecule has 1 aliphatic heterocycles. The molecule has 1 heterocycles. The summed E-state index contributed by atoms with van der Waals surface area (Å²) >= 11 is 1.26. The van der Waals surface area contributed by atoms with E-state index in [1.807, 2.05) is 31.2 Å². The molecule has 1 aromatic carbocycles. The summed E-state index contributed by atoms with van der Waals surface area (Å²) in [5.41, 5.74) is 0.293. The smallest absolute Gasteiger partial charge is 0.303 e. The van der Waals surface area contributed by atoms with Gasteiger partial charge in [0.05, 0.1) is 6.61 Å². The monoisotopic (exact) mass is 498 g/mol. The summed E-state index contributed by atoms with van der Waals surface area (Å²) in [6.07, 6.45) is -4.37. The van der Waals surface area contributed by atoms with E-state index in [9.17, 15) is 19.2 Å². The quantitative estimate of drug-likeness (QED) is 0.268. The number of rotatable bonds is 10. The fraction of sp³-hybridized carbons (Fsp3) is 0.565. The molecule has 0 bridgehead atoms. The van der Waals surface area contributed by atoms with Crippen molar-refractivity contribution in [1.82, 2.24) is 0 Å². The summed E-state index contributed by atoms with van der Waals surface area (Å²) in [5.74, 6) is -1.40. The van der Waals surface area contributed by atoms with Crippen LogP contribution in [0.25, 0.3) is 0 Å².